The Kier molecular flexibility index (Phi) is 3.52. The van der Waals surface area contributed by atoms with Gasteiger partial charge in [-0.3, -0.25) is 15.1 Å². The molecule has 1 aromatic carbocycles. The SMILES string of the molecule is Cc1cccnc1CNc1ccc([N+](=O)[O-])cc1. The summed E-state index contributed by atoms with van der Waals surface area (Å²) in [4.78, 5) is 14.4. The molecule has 0 aliphatic heterocycles. The summed E-state index contributed by atoms with van der Waals surface area (Å²) in [6, 6.07) is 10.2. The first-order valence-electron chi connectivity index (χ1n) is 5.55. The molecular formula is C13H13N3O2. The van der Waals surface area contributed by atoms with E-state index in [1.807, 2.05) is 19.1 Å². The number of pyridine rings is 1. The van der Waals surface area contributed by atoms with E-state index in [2.05, 4.69) is 10.3 Å². The molecule has 18 heavy (non-hydrogen) atoms. The number of benzene rings is 1. The Hall–Kier alpha value is -2.43. The summed E-state index contributed by atoms with van der Waals surface area (Å²) in [7, 11) is 0. The van der Waals surface area contributed by atoms with Crippen LogP contribution in [0.25, 0.3) is 0 Å². The van der Waals surface area contributed by atoms with Gasteiger partial charge >= 0.3 is 0 Å². The van der Waals surface area contributed by atoms with E-state index in [4.69, 9.17) is 0 Å². The van der Waals surface area contributed by atoms with Crippen molar-refractivity contribution in [2.45, 2.75) is 13.5 Å². The highest BCUT2D eigenvalue weighted by Gasteiger charge is 2.04. The molecule has 5 heteroatoms. The molecule has 0 aliphatic carbocycles. The van der Waals surface area contributed by atoms with Gasteiger partial charge in [0.25, 0.3) is 5.69 Å². The van der Waals surface area contributed by atoms with E-state index in [9.17, 15) is 10.1 Å². The minimum Gasteiger partial charge on any atom is -0.379 e. The fourth-order valence-electron chi connectivity index (χ4n) is 1.59. The second-order valence-electron chi connectivity index (χ2n) is 3.92. The van der Waals surface area contributed by atoms with Gasteiger partial charge in [0.1, 0.15) is 0 Å². The van der Waals surface area contributed by atoms with Crippen molar-refractivity contribution in [1.82, 2.24) is 4.98 Å². The van der Waals surface area contributed by atoms with Crippen molar-refractivity contribution in [1.29, 1.82) is 0 Å². The molecule has 0 atom stereocenters. The lowest BCUT2D eigenvalue weighted by Gasteiger charge is -2.07. The van der Waals surface area contributed by atoms with Crippen molar-refractivity contribution in [2.75, 3.05) is 5.32 Å². The zero-order valence-electron chi connectivity index (χ0n) is 9.96. The van der Waals surface area contributed by atoms with Crippen LogP contribution in [0, 0.1) is 17.0 Å². The van der Waals surface area contributed by atoms with E-state index in [0.29, 0.717) is 6.54 Å². The molecule has 0 saturated carbocycles. The van der Waals surface area contributed by atoms with E-state index in [1.165, 1.54) is 12.1 Å². The number of rotatable bonds is 4. The van der Waals surface area contributed by atoms with Crippen LogP contribution >= 0.6 is 0 Å². The van der Waals surface area contributed by atoms with Crippen molar-refractivity contribution in [2.24, 2.45) is 0 Å². The van der Waals surface area contributed by atoms with Crippen LogP contribution in [-0.2, 0) is 6.54 Å². The first-order valence-corrected chi connectivity index (χ1v) is 5.55. The molecule has 0 fully saturated rings. The maximum absolute atomic E-state index is 10.5. The van der Waals surface area contributed by atoms with Gasteiger partial charge in [-0.05, 0) is 30.7 Å². The molecule has 0 saturated heterocycles. The van der Waals surface area contributed by atoms with E-state index in [0.717, 1.165) is 16.9 Å². The standard InChI is InChI=1S/C13H13N3O2/c1-10-3-2-8-14-13(10)9-15-11-4-6-12(7-5-11)16(17)18/h2-8,15H,9H2,1H3. The predicted octanol–water partition coefficient (Wildman–Crippen LogP) is 2.91. The second kappa shape index (κ2) is 5.27. The molecule has 1 aromatic heterocycles. The first-order chi connectivity index (χ1) is 8.66. The van der Waals surface area contributed by atoms with Crippen LogP contribution in [-0.4, -0.2) is 9.91 Å². The minimum atomic E-state index is -0.410. The van der Waals surface area contributed by atoms with Gasteiger partial charge in [0, 0.05) is 24.0 Å². The number of nitrogens with one attached hydrogen (secondary N) is 1. The van der Waals surface area contributed by atoms with Gasteiger partial charge in [0.15, 0.2) is 0 Å². The highest BCUT2D eigenvalue weighted by molar-refractivity contribution is 5.48. The summed E-state index contributed by atoms with van der Waals surface area (Å²) in [5, 5.41) is 13.7. The van der Waals surface area contributed by atoms with Crippen LogP contribution in [0.5, 0.6) is 0 Å². The van der Waals surface area contributed by atoms with Crippen molar-refractivity contribution in [3.8, 4) is 0 Å². The summed E-state index contributed by atoms with van der Waals surface area (Å²) >= 11 is 0. The molecule has 0 bridgehead atoms. The Balaban J connectivity index is 2.02. The van der Waals surface area contributed by atoms with Gasteiger partial charge in [-0.2, -0.15) is 0 Å². The van der Waals surface area contributed by atoms with E-state index in [1.54, 1.807) is 18.3 Å². The van der Waals surface area contributed by atoms with E-state index >= 15 is 0 Å². The van der Waals surface area contributed by atoms with E-state index in [-0.39, 0.29) is 5.69 Å². The summed E-state index contributed by atoms with van der Waals surface area (Å²) < 4.78 is 0. The monoisotopic (exact) mass is 243 g/mol. The summed E-state index contributed by atoms with van der Waals surface area (Å²) in [5.41, 5.74) is 3.02. The van der Waals surface area contributed by atoms with Crippen LogP contribution in [0.1, 0.15) is 11.3 Å². The van der Waals surface area contributed by atoms with Gasteiger partial charge in [0.05, 0.1) is 17.2 Å². The number of nitro benzene ring substituents is 1. The molecule has 92 valence electrons. The third-order valence-corrected chi connectivity index (χ3v) is 2.66. The largest absolute Gasteiger partial charge is 0.379 e. The highest BCUT2D eigenvalue weighted by Crippen LogP contribution is 2.16. The molecule has 1 heterocycles. The van der Waals surface area contributed by atoms with Gasteiger partial charge < -0.3 is 5.32 Å². The number of anilines is 1. The number of nitro groups is 1. The third-order valence-electron chi connectivity index (χ3n) is 2.66. The zero-order chi connectivity index (χ0) is 13.0. The van der Waals surface area contributed by atoms with Gasteiger partial charge in [-0.15, -0.1) is 0 Å². The van der Waals surface area contributed by atoms with E-state index < -0.39 is 4.92 Å². The van der Waals surface area contributed by atoms with Crippen LogP contribution in [0.15, 0.2) is 42.6 Å². The highest BCUT2D eigenvalue weighted by atomic mass is 16.6. The molecule has 0 amide bonds. The molecule has 5 nitrogen and oxygen atoms in total. The van der Waals surface area contributed by atoms with Crippen molar-refractivity contribution >= 4 is 11.4 Å². The molecule has 2 aromatic rings. The Morgan fingerprint density at radius 2 is 2.00 bits per heavy atom. The van der Waals surface area contributed by atoms with Crippen LogP contribution in [0.2, 0.25) is 0 Å². The van der Waals surface area contributed by atoms with Gasteiger partial charge in [0.2, 0.25) is 0 Å². The van der Waals surface area contributed by atoms with Gasteiger partial charge in [-0.1, -0.05) is 6.07 Å². The quantitative estimate of drug-likeness (QED) is 0.662. The molecule has 1 N–H and O–H groups in total. The topological polar surface area (TPSA) is 68.1 Å². The maximum atomic E-state index is 10.5. The maximum Gasteiger partial charge on any atom is 0.269 e. The molecule has 0 aliphatic rings. The number of hydrogen-bond acceptors (Lipinski definition) is 4. The zero-order valence-corrected chi connectivity index (χ0v) is 9.96. The lowest BCUT2D eigenvalue weighted by atomic mass is 10.2. The number of hydrogen-bond donors (Lipinski definition) is 1. The molecule has 0 radical (unpaired) electrons. The number of aromatic nitrogens is 1. The van der Waals surface area contributed by atoms with Crippen molar-refractivity contribution < 1.29 is 4.92 Å². The Bertz CT molecular complexity index is 552. The van der Waals surface area contributed by atoms with Crippen LogP contribution in [0.4, 0.5) is 11.4 Å². The Morgan fingerprint density at radius 3 is 2.61 bits per heavy atom. The molecule has 0 spiro atoms. The number of non-ortho nitro benzene ring substituents is 1. The predicted molar refractivity (Wildman–Crippen MR) is 69.4 cm³/mol. The lowest BCUT2D eigenvalue weighted by molar-refractivity contribution is -0.384. The van der Waals surface area contributed by atoms with Gasteiger partial charge in [-0.25, -0.2) is 0 Å². The molecule has 0 unspecified atom stereocenters. The fourth-order valence-corrected chi connectivity index (χ4v) is 1.59. The van der Waals surface area contributed by atoms with Crippen LogP contribution in [0.3, 0.4) is 0 Å². The van der Waals surface area contributed by atoms with Crippen LogP contribution < -0.4 is 5.32 Å². The number of nitrogens with zero attached hydrogens (tertiary/aromatic N) is 2. The number of aryl methyl sites for hydroxylation is 1. The summed E-state index contributed by atoms with van der Waals surface area (Å²) in [6.45, 7) is 2.60. The first kappa shape index (κ1) is 12.0. The normalized spacial score (nSPS) is 10.1. The summed E-state index contributed by atoms with van der Waals surface area (Å²) in [6.07, 6.45) is 1.75. The van der Waals surface area contributed by atoms with Crippen molar-refractivity contribution in [3.63, 3.8) is 0 Å². The lowest BCUT2D eigenvalue weighted by Crippen LogP contribution is -2.03. The average molecular weight is 243 g/mol. The second-order valence-corrected chi connectivity index (χ2v) is 3.92. The fraction of sp³-hybridized carbons (Fsp3) is 0.154. The third kappa shape index (κ3) is 2.82. The Morgan fingerprint density at radius 1 is 1.28 bits per heavy atom. The molecule has 2 rings (SSSR count). The Labute approximate surface area is 105 Å². The summed E-state index contributed by atoms with van der Waals surface area (Å²) in [5.74, 6) is 0. The van der Waals surface area contributed by atoms with Crippen molar-refractivity contribution in [3.05, 3.63) is 64.0 Å². The average Bonchev–Trinajstić information content (AvgIpc) is 2.38. The minimum absolute atomic E-state index is 0.0922. The smallest absolute Gasteiger partial charge is 0.269 e. The molecular weight excluding hydrogens is 230 g/mol.